The van der Waals surface area contributed by atoms with Crippen molar-refractivity contribution < 1.29 is 4.92 Å². The van der Waals surface area contributed by atoms with E-state index < -0.39 is 4.92 Å². The molecular weight excluding hydrogens is 244 g/mol. The van der Waals surface area contributed by atoms with Gasteiger partial charge < -0.3 is 0 Å². The number of halogens is 1. The average Bonchev–Trinajstić information content (AvgIpc) is 2.57. The van der Waals surface area contributed by atoms with Crippen LogP contribution in [0.1, 0.15) is 11.4 Å². The largest absolute Gasteiger partial charge is 0.289 e. The first-order valence-corrected chi connectivity index (χ1v) is 5.20. The number of hydrogen-bond donors (Lipinski definition) is 0. The molecule has 0 aliphatic heterocycles. The molecule has 2 aromatic rings. The molecule has 0 N–H and O–H groups in total. The van der Waals surface area contributed by atoms with E-state index in [9.17, 15) is 10.1 Å². The van der Waals surface area contributed by atoms with E-state index in [1.807, 2.05) is 19.9 Å². The third-order valence-corrected chi connectivity index (χ3v) is 2.51. The Morgan fingerprint density at radius 3 is 2.59 bits per heavy atom. The van der Waals surface area contributed by atoms with Crippen LogP contribution in [0.15, 0.2) is 18.3 Å². The summed E-state index contributed by atoms with van der Waals surface area (Å²) in [5, 5.41) is 15.0. The van der Waals surface area contributed by atoms with Crippen molar-refractivity contribution in [3.8, 4) is 5.82 Å². The highest BCUT2D eigenvalue weighted by molar-refractivity contribution is 6.32. The van der Waals surface area contributed by atoms with Gasteiger partial charge in [0.25, 0.3) is 5.69 Å². The molecule has 2 aromatic heterocycles. The van der Waals surface area contributed by atoms with Gasteiger partial charge in [-0.3, -0.25) is 10.1 Å². The molecule has 2 rings (SSSR count). The number of rotatable bonds is 2. The van der Waals surface area contributed by atoms with Gasteiger partial charge in [0.05, 0.1) is 15.6 Å². The van der Waals surface area contributed by atoms with Crippen LogP contribution in [-0.2, 0) is 0 Å². The first kappa shape index (κ1) is 11.5. The smallest absolute Gasteiger partial charge is 0.258 e. The van der Waals surface area contributed by atoms with Crippen LogP contribution >= 0.6 is 11.6 Å². The highest BCUT2D eigenvalue weighted by Crippen LogP contribution is 2.23. The Kier molecular flexibility index (Phi) is 2.81. The van der Waals surface area contributed by atoms with Crippen LogP contribution in [0.5, 0.6) is 0 Å². The third kappa shape index (κ3) is 2.12. The van der Waals surface area contributed by atoms with Gasteiger partial charge >= 0.3 is 0 Å². The van der Waals surface area contributed by atoms with E-state index in [0.717, 1.165) is 17.6 Å². The van der Waals surface area contributed by atoms with E-state index in [-0.39, 0.29) is 10.7 Å². The fourth-order valence-corrected chi connectivity index (χ4v) is 1.76. The molecule has 0 saturated carbocycles. The van der Waals surface area contributed by atoms with Crippen LogP contribution in [0.25, 0.3) is 5.82 Å². The van der Waals surface area contributed by atoms with Crippen LogP contribution in [0, 0.1) is 24.0 Å². The normalized spacial score (nSPS) is 10.5. The van der Waals surface area contributed by atoms with Gasteiger partial charge in [-0.1, -0.05) is 11.6 Å². The Bertz CT molecular complexity index is 594. The summed E-state index contributed by atoms with van der Waals surface area (Å²) in [6.45, 7) is 3.71. The minimum Gasteiger partial charge on any atom is -0.258 e. The maximum atomic E-state index is 10.6. The first-order valence-electron chi connectivity index (χ1n) is 4.82. The zero-order chi connectivity index (χ0) is 12.6. The number of aromatic nitrogens is 3. The molecule has 0 unspecified atom stereocenters. The highest BCUT2D eigenvalue weighted by atomic mass is 35.5. The number of nitrogens with zero attached hydrogens (tertiary/aromatic N) is 4. The van der Waals surface area contributed by atoms with Crippen molar-refractivity contribution in [2.24, 2.45) is 0 Å². The van der Waals surface area contributed by atoms with E-state index in [1.165, 1.54) is 6.07 Å². The van der Waals surface area contributed by atoms with Crippen molar-refractivity contribution in [1.82, 2.24) is 14.8 Å². The van der Waals surface area contributed by atoms with Crippen LogP contribution in [-0.4, -0.2) is 19.7 Å². The van der Waals surface area contributed by atoms with E-state index in [1.54, 1.807) is 4.68 Å². The molecule has 2 heterocycles. The molecule has 6 nitrogen and oxygen atoms in total. The number of nitro groups is 1. The lowest BCUT2D eigenvalue weighted by atomic mass is 10.4. The molecular formula is C10H9ClN4O2. The van der Waals surface area contributed by atoms with Crippen molar-refractivity contribution in [2.75, 3.05) is 0 Å². The standard InChI is InChI=1S/C10H9ClN4O2/c1-6-3-7(2)14(13-6)10-9(11)4-8(5-12-10)15(16)17/h3-5H,1-2H3. The lowest BCUT2D eigenvalue weighted by Crippen LogP contribution is -2.03. The van der Waals surface area contributed by atoms with Crippen molar-refractivity contribution in [3.05, 3.63) is 44.9 Å². The summed E-state index contributed by atoms with van der Waals surface area (Å²) in [6, 6.07) is 3.14. The average molecular weight is 253 g/mol. The van der Waals surface area contributed by atoms with Crippen molar-refractivity contribution >= 4 is 17.3 Å². The van der Waals surface area contributed by atoms with Gasteiger partial charge in [0.1, 0.15) is 6.20 Å². The van der Waals surface area contributed by atoms with Crippen LogP contribution in [0.3, 0.4) is 0 Å². The second-order valence-electron chi connectivity index (χ2n) is 3.59. The Labute approximate surface area is 102 Å². The van der Waals surface area contributed by atoms with Gasteiger partial charge in [-0.15, -0.1) is 0 Å². The lowest BCUT2D eigenvalue weighted by molar-refractivity contribution is -0.385. The van der Waals surface area contributed by atoms with E-state index in [0.29, 0.717) is 5.82 Å². The fourth-order valence-electron chi connectivity index (χ4n) is 1.52. The molecule has 0 aromatic carbocycles. The SMILES string of the molecule is Cc1cc(C)n(-c2ncc([N+](=O)[O-])cc2Cl)n1. The number of pyridine rings is 1. The molecule has 88 valence electrons. The minimum atomic E-state index is -0.538. The van der Waals surface area contributed by atoms with Gasteiger partial charge in [0.2, 0.25) is 0 Å². The van der Waals surface area contributed by atoms with E-state index >= 15 is 0 Å². The van der Waals surface area contributed by atoms with Crippen molar-refractivity contribution in [3.63, 3.8) is 0 Å². The summed E-state index contributed by atoms with van der Waals surface area (Å²) in [5.74, 6) is 0.392. The Morgan fingerprint density at radius 1 is 1.41 bits per heavy atom. The van der Waals surface area contributed by atoms with E-state index in [2.05, 4.69) is 10.1 Å². The second kappa shape index (κ2) is 4.14. The molecule has 7 heteroatoms. The topological polar surface area (TPSA) is 73.8 Å². The van der Waals surface area contributed by atoms with Crippen molar-refractivity contribution in [1.29, 1.82) is 0 Å². The predicted octanol–water partition coefficient (Wildman–Crippen LogP) is 2.45. The van der Waals surface area contributed by atoms with Gasteiger partial charge in [-0.2, -0.15) is 5.10 Å². The fraction of sp³-hybridized carbons (Fsp3) is 0.200. The van der Waals surface area contributed by atoms with Crippen LogP contribution < -0.4 is 0 Å². The molecule has 0 radical (unpaired) electrons. The molecule has 0 aliphatic carbocycles. The molecule has 0 atom stereocenters. The third-order valence-electron chi connectivity index (χ3n) is 2.23. The Morgan fingerprint density at radius 2 is 2.12 bits per heavy atom. The summed E-state index contributed by atoms with van der Waals surface area (Å²) in [7, 11) is 0. The monoisotopic (exact) mass is 252 g/mol. The summed E-state index contributed by atoms with van der Waals surface area (Å²) in [6.07, 6.45) is 1.16. The van der Waals surface area contributed by atoms with Crippen molar-refractivity contribution in [2.45, 2.75) is 13.8 Å². The number of aryl methyl sites for hydroxylation is 2. The summed E-state index contributed by atoms with van der Waals surface area (Å²) in [5.41, 5.74) is 1.56. The number of hydrogen-bond acceptors (Lipinski definition) is 4. The van der Waals surface area contributed by atoms with Crippen LogP contribution in [0.4, 0.5) is 5.69 Å². The second-order valence-corrected chi connectivity index (χ2v) is 4.00. The molecule has 17 heavy (non-hydrogen) atoms. The molecule has 0 fully saturated rings. The van der Waals surface area contributed by atoms with Gasteiger partial charge in [0.15, 0.2) is 5.82 Å². The summed E-state index contributed by atoms with van der Waals surface area (Å²) >= 11 is 5.96. The van der Waals surface area contributed by atoms with Crippen LogP contribution in [0.2, 0.25) is 5.02 Å². The predicted molar refractivity (Wildman–Crippen MR) is 62.5 cm³/mol. The quantitative estimate of drug-likeness (QED) is 0.608. The molecule has 0 saturated heterocycles. The van der Waals surface area contributed by atoms with Gasteiger partial charge in [-0.25, -0.2) is 9.67 Å². The molecule has 0 spiro atoms. The Balaban J connectivity index is 2.54. The molecule has 0 aliphatic rings. The zero-order valence-electron chi connectivity index (χ0n) is 9.22. The Hall–Kier alpha value is -1.95. The first-order chi connectivity index (χ1) is 7.99. The van der Waals surface area contributed by atoms with E-state index in [4.69, 9.17) is 11.6 Å². The summed E-state index contributed by atoms with van der Waals surface area (Å²) in [4.78, 5) is 14.0. The maximum Gasteiger partial charge on any atom is 0.289 e. The minimum absolute atomic E-state index is 0.139. The van der Waals surface area contributed by atoms with Gasteiger partial charge in [0, 0.05) is 11.8 Å². The highest BCUT2D eigenvalue weighted by Gasteiger charge is 2.14. The van der Waals surface area contributed by atoms with Gasteiger partial charge in [-0.05, 0) is 19.9 Å². The molecule has 0 bridgehead atoms. The zero-order valence-corrected chi connectivity index (χ0v) is 9.97. The molecule has 0 amide bonds. The summed E-state index contributed by atoms with van der Waals surface area (Å²) < 4.78 is 1.56. The lowest BCUT2D eigenvalue weighted by Gasteiger charge is -2.04. The maximum absolute atomic E-state index is 10.6.